The number of carbonyl (C=O) groups excluding carboxylic acids is 1. The van der Waals surface area contributed by atoms with E-state index in [9.17, 15) is 18.4 Å². The molecule has 1 aromatic heterocycles. The van der Waals surface area contributed by atoms with Gasteiger partial charge >= 0.3 is 0 Å². The third kappa shape index (κ3) is 3.34. The van der Waals surface area contributed by atoms with Crippen LogP contribution in [0, 0.1) is 11.6 Å². The van der Waals surface area contributed by atoms with Crippen molar-refractivity contribution in [2.75, 3.05) is 11.1 Å². The lowest BCUT2D eigenvalue weighted by Crippen LogP contribution is -2.33. The summed E-state index contributed by atoms with van der Waals surface area (Å²) in [5.74, 6) is -1.75. The fraction of sp³-hybridized carbons (Fsp3) is 0.235. The zero-order valence-electron chi connectivity index (χ0n) is 13.4. The maximum absolute atomic E-state index is 13.6. The van der Waals surface area contributed by atoms with Crippen LogP contribution in [0.15, 0.2) is 40.8 Å². The van der Waals surface area contributed by atoms with Gasteiger partial charge in [-0.25, -0.2) is 8.78 Å². The number of amides is 1. The molecule has 1 atom stereocenters. The number of fused-ring (bicyclic) bond motifs is 1. The second kappa shape index (κ2) is 6.79. The minimum Gasteiger partial charge on any atom is -0.312 e. The molecule has 0 spiro atoms. The molecular formula is C17H15F2N3O2S. The van der Waals surface area contributed by atoms with E-state index >= 15 is 0 Å². The van der Waals surface area contributed by atoms with Crippen LogP contribution in [0.25, 0.3) is 0 Å². The van der Waals surface area contributed by atoms with E-state index in [0.29, 0.717) is 16.7 Å². The molecule has 0 radical (unpaired) electrons. The van der Waals surface area contributed by atoms with Crippen molar-refractivity contribution in [1.29, 1.82) is 0 Å². The van der Waals surface area contributed by atoms with Gasteiger partial charge in [0.15, 0.2) is 5.16 Å². The Bertz CT molecular complexity index is 907. The second-order valence-electron chi connectivity index (χ2n) is 5.63. The highest BCUT2D eigenvalue weighted by molar-refractivity contribution is 7.99. The summed E-state index contributed by atoms with van der Waals surface area (Å²) < 4.78 is 28.8. The van der Waals surface area contributed by atoms with Crippen molar-refractivity contribution in [2.45, 2.75) is 17.5 Å². The average Bonchev–Trinajstić information content (AvgIpc) is 2.55. The topological polar surface area (TPSA) is 64.0 Å². The molecule has 0 saturated heterocycles. The Kier molecular flexibility index (Phi) is 4.71. The van der Waals surface area contributed by atoms with Crippen LogP contribution in [0.3, 0.4) is 0 Å². The molecule has 5 nitrogen and oxygen atoms in total. The van der Waals surface area contributed by atoms with Crippen molar-refractivity contribution in [2.24, 2.45) is 7.05 Å². The van der Waals surface area contributed by atoms with Gasteiger partial charge in [0.05, 0.1) is 5.56 Å². The highest BCUT2D eigenvalue weighted by atomic mass is 32.2. The summed E-state index contributed by atoms with van der Waals surface area (Å²) in [5, 5.41) is 3.10. The summed E-state index contributed by atoms with van der Waals surface area (Å²) in [7, 11) is 1.67. The van der Waals surface area contributed by atoms with Gasteiger partial charge < -0.3 is 9.88 Å². The summed E-state index contributed by atoms with van der Waals surface area (Å²) >= 11 is 1.30. The van der Waals surface area contributed by atoms with E-state index in [-0.39, 0.29) is 23.5 Å². The number of anilines is 1. The molecule has 1 N–H and O–H groups in total. The maximum Gasteiger partial charge on any atom is 0.279 e. The first-order valence-corrected chi connectivity index (χ1v) is 8.49. The number of aromatic nitrogens is 2. The van der Waals surface area contributed by atoms with Gasteiger partial charge in [-0.3, -0.25) is 9.59 Å². The normalized spacial score (nSPS) is 16.3. The van der Waals surface area contributed by atoms with Gasteiger partial charge in [0.1, 0.15) is 17.5 Å². The quantitative estimate of drug-likeness (QED) is 0.515. The van der Waals surface area contributed by atoms with Crippen LogP contribution in [-0.2, 0) is 11.8 Å². The van der Waals surface area contributed by atoms with Crippen LogP contribution in [0.2, 0.25) is 0 Å². The largest absolute Gasteiger partial charge is 0.312 e. The molecule has 0 unspecified atom stereocenters. The molecule has 0 bridgehead atoms. The SMILES string of the molecule is C=CCSc1nc(=O)c2c(n1C)NC(=O)C[C@@H]2c1cc(F)cc(F)c1. The van der Waals surface area contributed by atoms with Gasteiger partial charge in [0, 0.05) is 31.2 Å². The van der Waals surface area contributed by atoms with Gasteiger partial charge in [-0.15, -0.1) is 6.58 Å². The number of nitrogens with zero attached hydrogens (tertiary/aromatic N) is 2. The molecule has 0 saturated carbocycles. The predicted octanol–water partition coefficient (Wildman–Crippen LogP) is 2.81. The molecule has 2 heterocycles. The standard InChI is InChI=1S/C17H15F2N3O2S/c1-3-4-25-17-21-16(24)14-12(8-13(23)20-15(14)22(17)2)9-5-10(18)7-11(19)6-9/h3,5-7,12H,1,4,8H2,2H3,(H,20,23)/t12-/m1/s1. The third-order valence-electron chi connectivity index (χ3n) is 3.92. The molecule has 1 aliphatic rings. The lowest BCUT2D eigenvalue weighted by molar-refractivity contribution is -0.116. The van der Waals surface area contributed by atoms with Gasteiger partial charge in [-0.05, 0) is 17.7 Å². The minimum absolute atomic E-state index is 0.0774. The molecule has 1 aromatic carbocycles. The fourth-order valence-electron chi connectivity index (χ4n) is 2.86. The maximum atomic E-state index is 13.6. The van der Waals surface area contributed by atoms with Crippen LogP contribution in [0.4, 0.5) is 14.6 Å². The molecule has 2 aromatic rings. The van der Waals surface area contributed by atoms with Crippen LogP contribution < -0.4 is 10.9 Å². The number of halogens is 2. The first kappa shape index (κ1) is 17.3. The molecule has 0 aliphatic carbocycles. The van der Waals surface area contributed by atoms with Crippen molar-refractivity contribution in [3.8, 4) is 0 Å². The van der Waals surface area contributed by atoms with Gasteiger partial charge in [0.25, 0.3) is 5.56 Å². The van der Waals surface area contributed by atoms with Gasteiger partial charge in [-0.2, -0.15) is 4.98 Å². The highest BCUT2D eigenvalue weighted by Crippen LogP contribution is 2.36. The van der Waals surface area contributed by atoms with Crippen molar-refractivity contribution < 1.29 is 13.6 Å². The molecule has 8 heteroatoms. The summed E-state index contributed by atoms with van der Waals surface area (Å²) in [6.45, 7) is 3.62. The van der Waals surface area contributed by atoms with Crippen LogP contribution in [0.5, 0.6) is 0 Å². The molecule has 130 valence electrons. The number of hydrogen-bond acceptors (Lipinski definition) is 4. The van der Waals surface area contributed by atoms with Crippen molar-refractivity contribution in [3.63, 3.8) is 0 Å². The van der Waals surface area contributed by atoms with E-state index in [0.717, 1.165) is 18.2 Å². The Morgan fingerprint density at radius 2 is 2.04 bits per heavy atom. The number of carbonyl (C=O) groups is 1. The number of rotatable bonds is 4. The third-order valence-corrected chi connectivity index (χ3v) is 4.94. The van der Waals surface area contributed by atoms with E-state index < -0.39 is 23.1 Å². The molecule has 1 amide bonds. The number of thioether (sulfide) groups is 1. The molecule has 3 rings (SSSR count). The summed E-state index contributed by atoms with van der Waals surface area (Å²) in [6, 6.07) is 3.02. The van der Waals surface area contributed by atoms with E-state index in [1.54, 1.807) is 17.7 Å². The Hall–Kier alpha value is -2.48. The first-order chi connectivity index (χ1) is 11.9. The van der Waals surface area contributed by atoms with Crippen molar-refractivity contribution in [3.05, 3.63) is 64.0 Å². The number of hydrogen-bond donors (Lipinski definition) is 1. The second-order valence-corrected chi connectivity index (χ2v) is 6.62. The van der Waals surface area contributed by atoms with Crippen molar-refractivity contribution in [1.82, 2.24) is 9.55 Å². The van der Waals surface area contributed by atoms with E-state index in [4.69, 9.17) is 0 Å². The average molecular weight is 363 g/mol. The van der Waals surface area contributed by atoms with E-state index in [2.05, 4.69) is 16.9 Å². The number of benzene rings is 1. The van der Waals surface area contributed by atoms with Crippen LogP contribution >= 0.6 is 11.8 Å². The van der Waals surface area contributed by atoms with E-state index in [1.165, 1.54) is 11.8 Å². The van der Waals surface area contributed by atoms with Crippen molar-refractivity contribution >= 4 is 23.5 Å². The van der Waals surface area contributed by atoms with Crippen LogP contribution in [0.1, 0.15) is 23.5 Å². The predicted molar refractivity (Wildman–Crippen MR) is 91.8 cm³/mol. The van der Waals surface area contributed by atoms with Gasteiger partial charge in [-0.1, -0.05) is 17.8 Å². The minimum atomic E-state index is -0.759. The van der Waals surface area contributed by atoms with Crippen LogP contribution in [-0.4, -0.2) is 21.2 Å². The first-order valence-electron chi connectivity index (χ1n) is 7.51. The Morgan fingerprint density at radius 1 is 1.36 bits per heavy atom. The Labute approximate surface area is 146 Å². The Morgan fingerprint density at radius 3 is 2.68 bits per heavy atom. The Balaban J connectivity index is 2.18. The smallest absolute Gasteiger partial charge is 0.279 e. The fourth-order valence-corrected chi connectivity index (χ4v) is 3.56. The molecule has 1 aliphatic heterocycles. The highest BCUT2D eigenvalue weighted by Gasteiger charge is 2.32. The zero-order chi connectivity index (χ0) is 18.1. The summed E-state index contributed by atoms with van der Waals surface area (Å²) in [5.41, 5.74) is -0.0524. The molecular weight excluding hydrogens is 348 g/mol. The molecule has 25 heavy (non-hydrogen) atoms. The van der Waals surface area contributed by atoms with Gasteiger partial charge in [0.2, 0.25) is 5.91 Å². The van der Waals surface area contributed by atoms with E-state index in [1.807, 2.05) is 0 Å². The molecule has 0 fully saturated rings. The lowest BCUT2D eigenvalue weighted by atomic mass is 9.86. The number of nitrogens with one attached hydrogen (secondary N) is 1. The zero-order valence-corrected chi connectivity index (χ0v) is 14.2. The summed E-state index contributed by atoms with van der Waals surface area (Å²) in [6.07, 6.45) is 1.60. The lowest BCUT2D eigenvalue weighted by Gasteiger charge is -2.27. The summed E-state index contributed by atoms with van der Waals surface area (Å²) in [4.78, 5) is 28.7. The monoisotopic (exact) mass is 363 g/mol.